The molecule has 0 aliphatic carbocycles. The highest BCUT2D eigenvalue weighted by molar-refractivity contribution is 6.13. The Hall–Kier alpha value is -7.56. The van der Waals surface area contributed by atoms with Crippen molar-refractivity contribution >= 4 is 43.9 Å². The average molecular weight is 716 g/mol. The first-order valence-corrected chi connectivity index (χ1v) is 18.9. The van der Waals surface area contributed by atoms with Gasteiger partial charge >= 0.3 is 0 Å². The number of fused-ring (bicyclic) bond motifs is 6. The summed E-state index contributed by atoms with van der Waals surface area (Å²) in [6.07, 6.45) is 1.89. The molecule has 11 aromatic rings. The monoisotopic (exact) mass is 715 g/mol. The molecule has 0 amide bonds. The number of aromatic nitrogens is 3. The van der Waals surface area contributed by atoms with Crippen LogP contribution in [0.3, 0.4) is 0 Å². The van der Waals surface area contributed by atoms with Crippen LogP contribution in [0.25, 0.3) is 105 Å². The number of para-hydroxylation sites is 1. The lowest BCUT2D eigenvalue weighted by Gasteiger charge is -2.21. The van der Waals surface area contributed by atoms with Crippen LogP contribution < -0.4 is 0 Å². The number of rotatable bonds is 6. The minimum Gasteiger partial charge on any atom is -0.438 e. The predicted molar refractivity (Wildman–Crippen MR) is 231 cm³/mol. The Labute approximate surface area is 323 Å². The van der Waals surface area contributed by atoms with Crippen molar-refractivity contribution in [2.24, 2.45) is 0 Å². The van der Waals surface area contributed by atoms with E-state index < -0.39 is 0 Å². The van der Waals surface area contributed by atoms with Gasteiger partial charge in [-0.15, -0.1) is 0 Å². The summed E-state index contributed by atoms with van der Waals surface area (Å²) >= 11 is 0. The summed E-state index contributed by atoms with van der Waals surface area (Å²) in [5.41, 5.74) is 14.7. The third kappa shape index (κ3) is 5.31. The molecule has 0 atom stereocenters. The lowest BCUT2D eigenvalue weighted by molar-refractivity contribution is 0.653. The second-order valence-electron chi connectivity index (χ2n) is 14.2. The number of hydrogen-bond acceptors (Lipinski definition) is 3. The summed E-state index contributed by atoms with van der Waals surface area (Å²) in [5.74, 6) is 0.611. The number of nitrogens with zero attached hydrogens (tertiary/aromatic N) is 3. The molecular formula is C52H33N3O. The molecule has 8 aromatic carbocycles. The van der Waals surface area contributed by atoms with Gasteiger partial charge in [-0.2, -0.15) is 4.98 Å². The molecule has 3 heterocycles. The van der Waals surface area contributed by atoms with Gasteiger partial charge in [0.2, 0.25) is 5.71 Å². The molecule has 11 rings (SSSR count). The average Bonchev–Trinajstić information content (AvgIpc) is 3.81. The SMILES string of the molecule is c1ccc(-c2ccc3c(c2)c2cc(-c4ccccc4)ccc2n3-c2c(-c3ccccc3)cc(-c3ncc4c(n3)oc3ccccc34)cc2-c2ccccc2)cc1. The Morgan fingerprint density at radius 2 is 0.857 bits per heavy atom. The third-order valence-corrected chi connectivity index (χ3v) is 10.9. The molecule has 0 saturated carbocycles. The van der Waals surface area contributed by atoms with Crippen LogP contribution in [0, 0.1) is 0 Å². The van der Waals surface area contributed by atoms with Crippen LogP contribution in [-0.4, -0.2) is 14.5 Å². The molecule has 56 heavy (non-hydrogen) atoms. The second-order valence-corrected chi connectivity index (χ2v) is 14.2. The standard InChI is InChI=1S/C52H33N3O/c1-5-15-34(16-6-1)38-25-27-47-44(29-38)45-30-39(35-17-7-2-8-18-35)26-28-48(45)55(47)50-42(36-19-9-3-10-20-36)31-40(32-43(50)37-21-11-4-12-22-37)51-53-33-46-41-23-13-14-24-49(41)56-52(46)54-51/h1-33H. The van der Waals surface area contributed by atoms with E-state index in [0.29, 0.717) is 11.5 Å². The molecule has 4 nitrogen and oxygen atoms in total. The Bertz CT molecular complexity index is 3060. The Balaban J connectivity index is 1.24. The third-order valence-electron chi connectivity index (χ3n) is 10.9. The summed E-state index contributed by atoms with van der Waals surface area (Å²) in [6.45, 7) is 0. The summed E-state index contributed by atoms with van der Waals surface area (Å²) < 4.78 is 8.72. The normalized spacial score (nSPS) is 11.6. The fourth-order valence-corrected chi connectivity index (χ4v) is 8.21. The minimum atomic E-state index is 0.577. The molecule has 0 radical (unpaired) electrons. The zero-order valence-electron chi connectivity index (χ0n) is 30.3. The van der Waals surface area contributed by atoms with Gasteiger partial charge in [-0.3, -0.25) is 0 Å². The Kier molecular flexibility index (Phi) is 7.46. The van der Waals surface area contributed by atoms with Gasteiger partial charge < -0.3 is 8.98 Å². The van der Waals surface area contributed by atoms with Crippen molar-refractivity contribution in [1.29, 1.82) is 0 Å². The van der Waals surface area contributed by atoms with E-state index in [9.17, 15) is 0 Å². The van der Waals surface area contributed by atoms with Crippen molar-refractivity contribution in [2.75, 3.05) is 0 Å². The molecule has 262 valence electrons. The molecule has 3 aromatic heterocycles. The summed E-state index contributed by atoms with van der Waals surface area (Å²) in [4.78, 5) is 10.00. The van der Waals surface area contributed by atoms with Crippen LogP contribution in [0.5, 0.6) is 0 Å². The highest BCUT2D eigenvalue weighted by Gasteiger charge is 2.23. The van der Waals surface area contributed by atoms with Gasteiger partial charge in [-0.05, 0) is 75.8 Å². The number of furan rings is 1. The van der Waals surface area contributed by atoms with Crippen LogP contribution in [0.2, 0.25) is 0 Å². The van der Waals surface area contributed by atoms with Gasteiger partial charge in [0, 0.05) is 39.0 Å². The number of hydrogen-bond donors (Lipinski definition) is 0. The lowest BCUT2D eigenvalue weighted by atomic mass is 9.92. The van der Waals surface area contributed by atoms with Crippen LogP contribution >= 0.6 is 0 Å². The van der Waals surface area contributed by atoms with E-state index in [2.05, 4.69) is 180 Å². The minimum absolute atomic E-state index is 0.577. The van der Waals surface area contributed by atoms with Gasteiger partial charge in [0.1, 0.15) is 5.58 Å². The van der Waals surface area contributed by atoms with Crippen molar-refractivity contribution < 1.29 is 4.42 Å². The van der Waals surface area contributed by atoms with E-state index in [1.54, 1.807) is 0 Å². The van der Waals surface area contributed by atoms with Crippen molar-refractivity contribution in [3.8, 4) is 61.6 Å². The van der Waals surface area contributed by atoms with Crippen LogP contribution in [0.15, 0.2) is 205 Å². The van der Waals surface area contributed by atoms with Gasteiger partial charge in [0.15, 0.2) is 5.82 Å². The maximum absolute atomic E-state index is 6.25. The fourth-order valence-electron chi connectivity index (χ4n) is 8.21. The van der Waals surface area contributed by atoms with Gasteiger partial charge in [0.05, 0.1) is 22.1 Å². The molecule has 0 spiro atoms. The highest BCUT2D eigenvalue weighted by Crippen LogP contribution is 2.45. The first-order chi connectivity index (χ1) is 27.8. The van der Waals surface area contributed by atoms with E-state index >= 15 is 0 Å². The van der Waals surface area contributed by atoms with Crippen molar-refractivity contribution in [2.45, 2.75) is 0 Å². The molecule has 0 fully saturated rings. The zero-order chi connectivity index (χ0) is 37.0. The maximum Gasteiger partial charge on any atom is 0.230 e. The molecule has 0 N–H and O–H groups in total. The van der Waals surface area contributed by atoms with Gasteiger partial charge in [0.25, 0.3) is 0 Å². The maximum atomic E-state index is 6.25. The van der Waals surface area contributed by atoms with E-state index in [1.165, 1.54) is 33.0 Å². The highest BCUT2D eigenvalue weighted by atomic mass is 16.3. The van der Waals surface area contributed by atoms with Crippen molar-refractivity contribution in [1.82, 2.24) is 14.5 Å². The molecule has 0 saturated heterocycles. The van der Waals surface area contributed by atoms with Crippen molar-refractivity contribution in [3.05, 3.63) is 200 Å². The molecule has 0 bridgehead atoms. The van der Waals surface area contributed by atoms with E-state index in [1.807, 2.05) is 24.4 Å². The van der Waals surface area contributed by atoms with Crippen LogP contribution in [0.4, 0.5) is 0 Å². The molecule has 0 unspecified atom stereocenters. The smallest absolute Gasteiger partial charge is 0.230 e. The molecule has 0 aliphatic heterocycles. The van der Waals surface area contributed by atoms with E-state index in [0.717, 1.165) is 60.9 Å². The first kappa shape index (κ1) is 31.9. The Morgan fingerprint density at radius 1 is 0.375 bits per heavy atom. The summed E-state index contributed by atoms with van der Waals surface area (Å²) in [7, 11) is 0. The summed E-state index contributed by atoms with van der Waals surface area (Å²) in [6, 6.07) is 68.9. The van der Waals surface area contributed by atoms with Gasteiger partial charge in [-0.1, -0.05) is 152 Å². The second kappa shape index (κ2) is 13.1. The predicted octanol–water partition coefficient (Wildman–Crippen LogP) is 13.8. The van der Waals surface area contributed by atoms with E-state index in [-0.39, 0.29) is 0 Å². The largest absolute Gasteiger partial charge is 0.438 e. The Morgan fingerprint density at radius 3 is 1.39 bits per heavy atom. The van der Waals surface area contributed by atoms with Crippen molar-refractivity contribution in [3.63, 3.8) is 0 Å². The lowest BCUT2D eigenvalue weighted by Crippen LogP contribution is -2.02. The first-order valence-electron chi connectivity index (χ1n) is 18.9. The number of benzene rings is 8. The summed E-state index contributed by atoms with van der Waals surface area (Å²) in [5, 5.41) is 4.30. The quantitative estimate of drug-likeness (QED) is 0.172. The molecular weight excluding hydrogens is 683 g/mol. The molecule has 0 aliphatic rings. The zero-order valence-corrected chi connectivity index (χ0v) is 30.3. The molecule has 4 heteroatoms. The van der Waals surface area contributed by atoms with Crippen LogP contribution in [-0.2, 0) is 0 Å². The topological polar surface area (TPSA) is 43.9 Å². The fraction of sp³-hybridized carbons (Fsp3) is 0. The van der Waals surface area contributed by atoms with E-state index in [4.69, 9.17) is 14.4 Å². The van der Waals surface area contributed by atoms with Crippen LogP contribution in [0.1, 0.15) is 0 Å². The van der Waals surface area contributed by atoms with Gasteiger partial charge in [-0.25, -0.2) is 4.98 Å².